The average Bonchev–Trinajstić information content (AvgIpc) is 3.73. The second kappa shape index (κ2) is 14.4. The minimum Gasteiger partial charge on any atom is -0.496 e. The number of hydrogen-bond acceptors (Lipinski definition) is 5. The molecule has 0 aromatic heterocycles. The van der Waals surface area contributed by atoms with Crippen molar-refractivity contribution in [2.24, 2.45) is 17.8 Å². The van der Waals surface area contributed by atoms with Crippen LogP contribution in [0.5, 0.6) is 5.75 Å². The molecule has 2 N–H and O–H groups in total. The van der Waals surface area contributed by atoms with Gasteiger partial charge in [-0.05, 0) is 54.9 Å². The van der Waals surface area contributed by atoms with Gasteiger partial charge < -0.3 is 20.1 Å². The van der Waals surface area contributed by atoms with Gasteiger partial charge in [-0.2, -0.15) is 13.2 Å². The number of hydrogen-bond donors (Lipinski definition) is 2. The van der Waals surface area contributed by atoms with Crippen molar-refractivity contribution in [3.05, 3.63) is 64.7 Å². The van der Waals surface area contributed by atoms with Gasteiger partial charge in [-0.15, -0.1) is 0 Å². The van der Waals surface area contributed by atoms with Gasteiger partial charge >= 0.3 is 12.1 Å². The van der Waals surface area contributed by atoms with Gasteiger partial charge in [0, 0.05) is 49.7 Å². The fraction of sp³-hybridized carbons (Fsp3) is 0.516. The van der Waals surface area contributed by atoms with Gasteiger partial charge in [0.2, 0.25) is 5.91 Å². The molecule has 0 bridgehead atoms. The summed E-state index contributed by atoms with van der Waals surface area (Å²) in [5.41, 5.74) is 1.87. The van der Waals surface area contributed by atoms with Crippen LogP contribution in [0.4, 0.5) is 13.2 Å². The standard InChI is InChI=1S/C29H36ClN3O3.C2HF3O2/c1-36-27-15-24(30)11-12-25(27)29(35)33-18-22-16-32(17-23(22)19-33)26(20-7-3-2-4-8-20)13-14-31-28(34)21-9-5-6-10-21;3-2(4,5)1(6)7/h2-4,7-8,11-12,15,21-23,26H,5-6,9-10,13-14,16-19H2,1H3,(H,31,34);(H,6,7)/t22?,23?,26-;/m0./s1. The SMILES string of the molecule is COc1cc(Cl)ccc1C(=O)N1CC2CN([C@@H](CCNC(=O)C3CCCC3)c3ccccc3)CC2C1.O=C(O)C(F)(F)F. The van der Waals surface area contributed by atoms with Gasteiger partial charge in [-0.1, -0.05) is 54.8 Å². The molecule has 2 unspecified atom stereocenters. The number of amides is 2. The van der Waals surface area contributed by atoms with Crippen molar-refractivity contribution in [1.29, 1.82) is 0 Å². The highest BCUT2D eigenvalue weighted by molar-refractivity contribution is 6.30. The monoisotopic (exact) mass is 623 g/mol. The van der Waals surface area contributed by atoms with Crippen LogP contribution >= 0.6 is 11.6 Å². The third kappa shape index (κ3) is 8.41. The molecular formula is C31H37ClF3N3O5. The van der Waals surface area contributed by atoms with Crippen molar-refractivity contribution in [3.8, 4) is 5.75 Å². The van der Waals surface area contributed by atoms with Gasteiger partial charge in [-0.3, -0.25) is 14.5 Å². The van der Waals surface area contributed by atoms with E-state index in [9.17, 15) is 22.8 Å². The number of fused-ring (bicyclic) bond motifs is 1. The molecule has 234 valence electrons. The lowest BCUT2D eigenvalue weighted by molar-refractivity contribution is -0.192. The van der Waals surface area contributed by atoms with E-state index in [1.54, 1.807) is 25.3 Å². The zero-order chi connectivity index (χ0) is 31.1. The number of benzene rings is 2. The van der Waals surface area contributed by atoms with Gasteiger partial charge in [0.25, 0.3) is 5.91 Å². The summed E-state index contributed by atoms with van der Waals surface area (Å²) in [6.45, 7) is 4.13. The molecule has 2 aromatic carbocycles. The number of likely N-dealkylation sites (tertiary alicyclic amines) is 2. The Morgan fingerprint density at radius 1 is 1.02 bits per heavy atom. The number of carboxylic acid groups (broad SMARTS) is 1. The third-order valence-corrected chi connectivity index (χ3v) is 8.74. The summed E-state index contributed by atoms with van der Waals surface area (Å²) in [7, 11) is 1.57. The van der Waals surface area contributed by atoms with E-state index in [2.05, 4.69) is 40.5 Å². The Kier molecular flexibility index (Phi) is 10.9. The number of nitrogens with one attached hydrogen (secondary N) is 1. The average molecular weight is 624 g/mol. The van der Waals surface area contributed by atoms with Crippen LogP contribution in [0.1, 0.15) is 54.1 Å². The van der Waals surface area contributed by atoms with E-state index in [0.29, 0.717) is 34.7 Å². The molecule has 2 aromatic rings. The highest BCUT2D eigenvalue weighted by Gasteiger charge is 2.44. The second-order valence-electron chi connectivity index (χ2n) is 11.3. The number of alkyl halides is 3. The Hall–Kier alpha value is -3.31. The van der Waals surface area contributed by atoms with Gasteiger partial charge in [0.1, 0.15) is 5.75 Å². The Balaban J connectivity index is 0.000000541. The number of rotatable bonds is 8. The molecule has 1 aliphatic carbocycles. The molecule has 2 amide bonds. The number of halogens is 4. The molecule has 1 saturated carbocycles. The third-order valence-electron chi connectivity index (χ3n) is 8.51. The molecule has 8 nitrogen and oxygen atoms in total. The van der Waals surface area contributed by atoms with Crippen molar-refractivity contribution in [1.82, 2.24) is 15.1 Å². The molecule has 2 saturated heterocycles. The maximum absolute atomic E-state index is 13.3. The normalized spacial score (nSPS) is 21.1. The van der Waals surface area contributed by atoms with Crippen LogP contribution in [0.25, 0.3) is 0 Å². The fourth-order valence-electron chi connectivity index (χ4n) is 6.36. The predicted octanol–water partition coefficient (Wildman–Crippen LogP) is 5.42. The second-order valence-corrected chi connectivity index (χ2v) is 11.8. The molecule has 43 heavy (non-hydrogen) atoms. The number of carbonyl (C=O) groups excluding carboxylic acids is 2. The van der Waals surface area contributed by atoms with E-state index in [4.69, 9.17) is 26.2 Å². The Bertz CT molecular complexity index is 1260. The highest BCUT2D eigenvalue weighted by Crippen LogP contribution is 2.38. The van der Waals surface area contributed by atoms with E-state index in [1.807, 2.05) is 4.90 Å². The molecule has 3 atom stereocenters. The van der Waals surface area contributed by atoms with Crippen LogP contribution in [0.2, 0.25) is 5.02 Å². The number of nitrogens with zero attached hydrogens (tertiary/aromatic N) is 2. The smallest absolute Gasteiger partial charge is 0.490 e. The molecular weight excluding hydrogens is 587 g/mol. The first-order valence-corrected chi connectivity index (χ1v) is 14.8. The number of ether oxygens (including phenoxy) is 1. The number of methoxy groups -OCH3 is 1. The minimum atomic E-state index is -5.08. The van der Waals surface area contributed by atoms with E-state index in [0.717, 1.165) is 45.4 Å². The van der Waals surface area contributed by atoms with Crippen molar-refractivity contribution in [2.75, 3.05) is 39.8 Å². The summed E-state index contributed by atoms with van der Waals surface area (Å²) in [5, 5.41) is 10.9. The molecule has 0 radical (unpaired) electrons. The van der Waals surface area contributed by atoms with Crippen LogP contribution in [0.15, 0.2) is 48.5 Å². The summed E-state index contributed by atoms with van der Waals surface area (Å²) in [4.78, 5) is 39.2. The van der Waals surface area contributed by atoms with Crippen molar-refractivity contribution in [3.63, 3.8) is 0 Å². The zero-order valence-electron chi connectivity index (χ0n) is 24.0. The molecule has 12 heteroatoms. The quantitative estimate of drug-likeness (QED) is 0.407. The molecule has 5 rings (SSSR count). The van der Waals surface area contributed by atoms with Crippen molar-refractivity contribution in [2.45, 2.75) is 44.3 Å². The lowest BCUT2D eigenvalue weighted by atomic mass is 10.0. The summed E-state index contributed by atoms with van der Waals surface area (Å²) in [6.07, 6.45) is 0.213. The molecule has 3 fully saturated rings. The molecule has 2 heterocycles. The number of aliphatic carboxylic acids is 1. The first-order valence-electron chi connectivity index (χ1n) is 14.5. The maximum Gasteiger partial charge on any atom is 0.490 e. The van der Waals surface area contributed by atoms with Gasteiger partial charge in [0.05, 0.1) is 12.7 Å². The lowest BCUT2D eigenvalue weighted by Gasteiger charge is -2.30. The Morgan fingerprint density at radius 3 is 2.19 bits per heavy atom. The minimum absolute atomic E-state index is 0.0127. The topological polar surface area (TPSA) is 99.2 Å². The first-order chi connectivity index (χ1) is 20.5. The highest BCUT2D eigenvalue weighted by atomic mass is 35.5. The molecule has 0 spiro atoms. The van der Waals surface area contributed by atoms with Crippen molar-refractivity contribution < 1.29 is 37.4 Å². The molecule has 2 aliphatic heterocycles. The fourth-order valence-corrected chi connectivity index (χ4v) is 6.52. The summed E-state index contributed by atoms with van der Waals surface area (Å²) >= 11 is 6.09. The lowest BCUT2D eigenvalue weighted by Crippen LogP contribution is -2.36. The summed E-state index contributed by atoms with van der Waals surface area (Å²) in [6, 6.07) is 16.1. The summed E-state index contributed by atoms with van der Waals surface area (Å²) in [5.74, 6) is -0.891. The first kappa shape index (κ1) is 32.6. The van der Waals surface area contributed by atoms with Crippen LogP contribution in [-0.4, -0.2) is 78.7 Å². The van der Waals surface area contributed by atoms with Gasteiger partial charge in [0.15, 0.2) is 0 Å². The van der Waals surface area contributed by atoms with Crippen molar-refractivity contribution >= 4 is 29.4 Å². The maximum atomic E-state index is 13.3. The Labute approximate surface area is 254 Å². The van der Waals surface area contributed by atoms with E-state index < -0.39 is 12.1 Å². The number of carboxylic acids is 1. The Morgan fingerprint density at radius 2 is 1.63 bits per heavy atom. The van der Waals surface area contributed by atoms with E-state index in [-0.39, 0.29) is 23.8 Å². The van der Waals surface area contributed by atoms with E-state index in [1.165, 1.54) is 18.4 Å². The van der Waals surface area contributed by atoms with Crippen LogP contribution < -0.4 is 10.1 Å². The van der Waals surface area contributed by atoms with Crippen LogP contribution in [0, 0.1) is 17.8 Å². The summed E-state index contributed by atoms with van der Waals surface area (Å²) < 4.78 is 37.2. The number of carbonyl (C=O) groups is 3. The van der Waals surface area contributed by atoms with E-state index >= 15 is 0 Å². The van der Waals surface area contributed by atoms with Crippen LogP contribution in [-0.2, 0) is 9.59 Å². The largest absolute Gasteiger partial charge is 0.496 e. The molecule has 3 aliphatic rings. The van der Waals surface area contributed by atoms with Gasteiger partial charge in [-0.25, -0.2) is 4.79 Å². The predicted molar refractivity (Wildman–Crippen MR) is 155 cm³/mol. The van der Waals surface area contributed by atoms with Crippen LogP contribution in [0.3, 0.4) is 0 Å². The zero-order valence-corrected chi connectivity index (χ0v) is 24.7.